The molecule has 0 amide bonds. The van der Waals surface area contributed by atoms with E-state index >= 15 is 0 Å². The molecule has 2 rings (SSSR count). The largest absolute Gasteiger partial charge is 0.339 e. The molecule has 0 atom stereocenters. The summed E-state index contributed by atoms with van der Waals surface area (Å²) in [4.78, 5) is 10.5. The summed E-state index contributed by atoms with van der Waals surface area (Å²) in [5, 5.41) is 3.30. The highest BCUT2D eigenvalue weighted by molar-refractivity contribution is 7.91. The summed E-state index contributed by atoms with van der Waals surface area (Å²) in [5.74, 6) is 0.989. The number of sulfone groups is 1. The number of nitrogens with one attached hydrogen (secondary N) is 1. The molecule has 6 nitrogen and oxygen atoms in total. The van der Waals surface area contributed by atoms with Gasteiger partial charge in [-0.15, -0.1) is 0 Å². The second-order valence-electron chi connectivity index (χ2n) is 5.07. The van der Waals surface area contributed by atoms with Crippen molar-refractivity contribution in [2.75, 3.05) is 29.5 Å². The second kappa shape index (κ2) is 5.83. The Morgan fingerprint density at radius 2 is 1.84 bits per heavy atom. The molecule has 0 bridgehead atoms. The van der Waals surface area contributed by atoms with E-state index in [2.05, 4.69) is 29.1 Å². The first-order valence-corrected chi connectivity index (χ1v) is 8.28. The number of rotatable bonds is 4. The Balaban J connectivity index is 1.95. The van der Waals surface area contributed by atoms with Gasteiger partial charge >= 0.3 is 0 Å². The van der Waals surface area contributed by atoms with Crippen LogP contribution >= 0.6 is 0 Å². The van der Waals surface area contributed by atoms with Crippen molar-refractivity contribution in [3.8, 4) is 0 Å². The highest BCUT2D eigenvalue weighted by atomic mass is 32.2. The Hall–Kier alpha value is -1.21. The predicted octanol–water partition coefficient (Wildman–Crippen LogP) is 0.209. The molecule has 1 fully saturated rings. The second-order valence-corrected chi connectivity index (χ2v) is 7.37. The van der Waals surface area contributed by atoms with E-state index in [1.807, 2.05) is 4.90 Å². The molecule has 1 aromatic rings. The van der Waals surface area contributed by atoms with Gasteiger partial charge in [-0.05, 0) is 0 Å². The van der Waals surface area contributed by atoms with Gasteiger partial charge in [0.05, 0.1) is 11.5 Å². The number of hydrogen-bond acceptors (Lipinski definition) is 6. The molecule has 1 aliphatic rings. The molecule has 1 N–H and O–H groups in total. The Morgan fingerprint density at radius 1 is 1.26 bits per heavy atom. The summed E-state index contributed by atoms with van der Waals surface area (Å²) in [6, 6.07) is 0.423. The summed E-state index contributed by atoms with van der Waals surface area (Å²) in [5.41, 5.74) is 1.03. The van der Waals surface area contributed by atoms with Crippen molar-refractivity contribution < 1.29 is 8.42 Å². The molecule has 0 radical (unpaired) electrons. The van der Waals surface area contributed by atoms with Gasteiger partial charge in [-0.3, -0.25) is 0 Å². The van der Waals surface area contributed by atoms with Gasteiger partial charge in [-0.2, -0.15) is 0 Å². The summed E-state index contributed by atoms with van der Waals surface area (Å²) < 4.78 is 22.7. The van der Waals surface area contributed by atoms with E-state index in [4.69, 9.17) is 0 Å². The van der Waals surface area contributed by atoms with Crippen molar-refractivity contribution >= 4 is 15.8 Å². The lowest BCUT2D eigenvalue weighted by atomic mass is 10.3. The smallest absolute Gasteiger partial charge is 0.225 e. The molecule has 1 aromatic heterocycles. The lowest BCUT2D eigenvalue weighted by Gasteiger charge is -2.26. The lowest BCUT2D eigenvalue weighted by Crippen LogP contribution is -2.41. The van der Waals surface area contributed by atoms with Crippen molar-refractivity contribution in [1.82, 2.24) is 15.3 Å². The fourth-order valence-corrected chi connectivity index (χ4v) is 3.04. The normalized spacial score (nSPS) is 18.8. The summed E-state index contributed by atoms with van der Waals surface area (Å²) in [7, 11) is -2.86. The van der Waals surface area contributed by atoms with E-state index in [9.17, 15) is 8.42 Å². The topological polar surface area (TPSA) is 75.2 Å². The molecule has 0 aromatic carbocycles. The van der Waals surface area contributed by atoms with E-state index < -0.39 is 9.84 Å². The number of aromatic nitrogens is 2. The molecule has 0 saturated carbocycles. The Morgan fingerprint density at radius 3 is 2.37 bits per heavy atom. The third kappa shape index (κ3) is 4.14. The fourth-order valence-electron chi connectivity index (χ4n) is 1.84. The van der Waals surface area contributed by atoms with Crippen LogP contribution in [0.4, 0.5) is 5.95 Å². The van der Waals surface area contributed by atoms with Crippen LogP contribution in [0, 0.1) is 0 Å². The fraction of sp³-hybridized carbons (Fsp3) is 0.667. The van der Waals surface area contributed by atoms with Crippen LogP contribution < -0.4 is 10.2 Å². The van der Waals surface area contributed by atoms with Crippen LogP contribution in [0.5, 0.6) is 0 Å². The quantitative estimate of drug-likeness (QED) is 0.852. The zero-order valence-corrected chi connectivity index (χ0v) is 12.2. The molecule has 2 heterocycles. The minimum Gasteiger partial charge on any atom is -0.339 e. The van der Waals surface area contributed by atoms with Crippen LogP contribution in [0.25, 0.3) is 0 Å². The Bertz CT molecular complexity index is 499. The van der Waals surface area contributed by atoms with Crippen molar-refractivity contribution in [3.05, 3.63) is 18.0 Å². The van der Waals surface area contributed by atoms with Gasteiger partial charge in [0.1, 0.15) is 0 Å². The maximum Gasteiger partial charge on any atom is 0.225 e. The Kier molecular flexibility index (Phi) is 4.36. The highest BCUT2D eigenvalue weighted by Crippen LogP contribution is 2.11. The SMILES string of the molecule is CC(C)NCc1cnc(N2CCS(=O)(=O)CC2)nc1. The molecule has 1 aliphatic heterocycles. The lowest BCUT2D eigenvalue weighted by molar-refractivity contribution is 0.583. The molecule has 1 saturated heterocycles. The predicted molar refractivity (Wildman–Crippen MR) is 74.9 cm³/mol. The zero-order valence-electron chi connectivity index (χ0n) is 11.3. The van der Waals surface area contributed by atoms with Crippen LogP contribution in [0.1, 0.15) is 19.4 Å². The number of nitrogens with zero attached hydrogens (tertiary/aromatic N) is 3. The number of hydrogen-bond donors (Lipinski definition) is 1. The number of anilines is 1. The van der Waals surface area contributed by atoms with Gasteiger partial charge in [0.15, 0.2) is 9.84 Å². The van der Waals surface area contributed by atoms with Crippen molar-refractivity contribution in [3.63, 3.8) is 0 Å². The van der Waals surface area contributed by atoms with E-state index in [0.717, 1.165) is 12.1 Å². The Labute approximate surface area is 114 Å². The monoisotopic (exact) mass is 284 g/mol. The van der Waals surface area contributed by atoms with E-state index in [-0.39, 0.29) is 11.5 Å². The third-order valence-corrected chi connectivity index (χ3v) is 4.64. The van der Waals surface area contributed by atoms with E-state index in [0.29, 0.717) is 25.1 Å². The molecule has 0 unspecified atom stereocenters. The van der Waals surface area contributed by atoms with Crippen LogP contribution in [0.3, 0.4) is 0 Å². The summed E-state index contributed by atoms with van der Waals surface area (Å²) >= 11 is 0. The first kappa shape index (κ1) is 14.2. The summed E-state index contributed by atoms with van der Waals surface area (Å²) in [6.45, 7) is 5.87. The molecule has 106 valence electrons. The average Bonchev–Trinajstić information content (AvgIpc) is 2.37. The molecule has 7 heteroatoms. The standard InChI is InChI=1S/C12H20N4O2S/c1-10(2)13-7-11-8-14-12(15-9-11)16-3-5-19(17,18)6-4-16/h8-10,13H,3-7H2,1-2H3. The molecule has 19 heavy (non-hydrogen) atoms. The van der Waals surface area contributed by atoms with E-state index in [1.54, 1.807) is 12.4 Å². The maximum atomic E-state index is 11.4. The van der Waals surface area contributed by atoms with Gasteiger partial charge in [0.25, 0.3) is 0 Å². The average molecular weight is 284 g/mol. The third-order valence-electron chi connectivity index (χ3n) is 3.03. The van der Waals surface area contributed by atoms with Crippen LogP contribution in [0.2, 0.25) is 0 Å². The van der Waals surface area contributed by atoms with Gasteiger partial charge in [0.2, 0.25) is 5.95 Å². The minimum atomic E-state index is -2.86. The highest BCUT2D eigenvalue weighted by Gasteiger charge is 2.22. The first-order valence-electron chi connectivity index (χ1n) is 6.46. The van der Waals surface area contributed by atoms with E-state index in [1.165, 1.54) is 0 Å². The van der Waals surface area contributed by atoms with Crippen molar-refractivity contribution in [1.29, 1.82) is 0 Å². The maximum absolute atomic E-state index is 11.4. The molecular weight excluding hydrogens is 264 g/mol. The minimum absolute atomic E-state index is 0.188. The van der Waals surface area contributed by atoms with Gasteiger partial charge in [-0.25, -0.2) is 18.4 Å². The molecule has 0 spiro atoms. The van der Waals surface area contributed by atoms with Gasteiger partial charge in [0, 0.05) is 43.6 Å². The molecular formula is C12H20N4O2S. The molecule has 0 aliphatic carbocycles. The van der Waals surface area contributed by atoms with Gasteiger partial charge in [-0.1, -0.05) is 13.8 Å². The van der Waals surface area contributed by atoms with Crippen LogP contribution in [0.15, 0.2) is 12.4 Å². The first-order chi connectivity index (χ1) is 8.96. The van der Waals surface area contributed by atoms with Crippen molar-refractivity contribution in [2.45, 2.75) is 26.4 Å². The summed E-state index contributed by atoms with van der Waals surface area (Å²) in [6.07, 6.45) is 3.58. The van der Waals surface area contributed by atoms with Crippen LogP contribution in [-0.4, -0.2) is 49.0 Å². The van der Waals surface area contributed by atoms with Crippen molar-refractivity contribution in [2.24, 2.45) is 0 Å². The van der Waals surface area contributed by atoms with Gasteiger partial charge < -0.3 is 10.2 Å². The van der Waals surface area contributed by atoms with Crippen LogP contribution in [-0.2, 0) is 16.4 Å². The zero-order chi connectivity index (χ0) is 13.9.